The van der Waals surface area contributed by atoms with Crippen LogP contribution in [-0.2, 0) is 6.54 Å². The number of nitrogens with two attached hydrogens (primary N) is 1. The second-order valence-corrected chi connectivity index (χ2v) is 4.94. The minimum atomic E-state index is -2.98. The number of ether oxygens (including phenoxy) is 1. The number of rotatable bonds is 6. The largest absolute Gasteiger partial charge is 0.433 e. The van der Waals surface area contributed by atoms with E-state index in [-0.39, 0.29) is 41.3 Å². The molecule has 0 aliphatic carbocycles. The predicted octanol–water partition coefficient (Wildman–Crippen LogP) is 4.37. The van der Waals surface area contributed by atoms with Crippen LogP contribution in [0.15, 0.2) is 17.1 Å². The summed E-state index contributed by atoms with van der Waals surface area (Å²) < 4.78 is 29.3. The summed E-state index contributed by atoms with van der Waals surface area (Å²) in [5, 5.41) is 0.322. The quantitative estimate of drug-likeness (QED) is 0.384. The Labute approximate surface area is 155 Å². The molecule has 126 valence electrons. The standard InChI is InChI=1S/C13H17Cl2F2N3O.HI/c1-3-20(4-2)13(18)19-7-8-5-9(14)6-10(15)11(8)21-12(16)17;/h5-6,12H,3-4,7H2,1-2H3,(H2,18,19);1H. The first-order valence-corrected chi connectivity index (χ1v) is 7.12. The number of benzene rings is 1. The van der Waals surface area contributed by atoms with Gasteiger partial charge in [0.05, 0.1) is 11.6 Å². The van der Waals surface area contributed by atoms with E-state index in [1.54, 1.807) is 0 Å². The molecular weight excluding hydrogens is 450 g/mol. The first-order valence-electron chi connectivity index (χ1n) is 6.36. The summed E-state index contributed by atoms with van der Waals surface area (Å²) in [5.74, 6) is 0.186. The molecule has 0 radical (unpaired) electrons. The molecule has 0 saturated heterocycles. The van der Waals surface area contributed by atoms with Gasteiger partial charge in [-0.25, -0.2) is 4.99 Å². The Hall–Kier alpha value is -0.540. The molecule has 0 bridgehead atoms. The smallest absolute Gasteiger partial charge is 0.387 e. The summed E-state index contributed by atoms with van der Waals surface area (Å²) in [7, 11) is 0. The van der Waals surface area contributed by atoms with Crippen molar-refractivity contribution in [1.29, 1.82) is 0 Å². The van der Waals surface area contributed by atoms with Crippen molar-refractivity contribution in [3.05, 3.63) is 27.7 Å². The number of hydrogen-bond donors (Lipinski definition) is 1. The Morgan fingerprint density at radius 1 is 1.32 bits per heavy atom. The molecule has 4 nitrogen and oxygen atoms in total. The van der Waals surface area contributed by atoms with Gasteiger partial charge in [0.15, 0.2) is 5.96 Å². The SMILES string of the molecule is CCN(CC)C(N)=NCc1cc(Cl)cc(Cl)c1OC(F)F.I. The van der Waals surface area contributed by atoms with E-state index in [1.165, 1.54) is 12.1 Å². The highest BCUT2D eigenvalue weighted by atomic mass is 127. The number of nitrogens with zero attached hydrogens (tertiary/aromatic N) is 2. The number of hydrogen-bond acceptors (Lipinski definition) is 2. The van der Waals surface area contributed by atoms with Crippen molar-refractivity contribution in [3.8, 4) is 5.75 Å². The van der Waals surface area contributed by atoms with Crippen LogP contribution in [0.3, 0.4) is 0 Å². The van der Waals surface area contributed by atoms with Crippen LogP contribution < -0.4 is 10.5 Å². The van der Waals surface area contributed by atoms with E-state index in [9.17, 15) is 8.78 Å². The molecule has 1 aromatic rings. The fourth-order valence-corrected chi connectivity index (χ4v) is 2.35. The average Bonchev–Trinajstić information content (AvgIpc) is 2.40. The van der Waals surface area contributed by atoms with E-state index in [4.69, 9.17) is 28.9 Å². The second-order valence-electron chi connectivity index (χ2n) is 4.10. The number of halogens is 5. The Morgan fingerprint density at radius 3 is 2.41 bits per heavy atom. The molecule has 0 unspecified atom stereocenters. The summed E-state index contributed by atoms with van der Waals surface area (Å²) >= 11 is 11.8. The lowest BCUT2D eigenvalue weighted by atomic mass is 10.2. The van der Waals surface area contributed by atoms with Crippen molar-refractivity contribution < 1.29 is 13.5 Å². The Balaban J connectivity index is 0.00000441. The molecule has 0 aromatic heterocycles. The van der Waals surface area contributed by atoms with Gasteiger partial charge in [-0.2, -0.15) is 8.78 Å². The molecule has 0 amide bonds. The lowest BCUT2D eigenvalue weighted by Crippen LogP contribution is -2.37. The maximum absolute atomic E-state index is 12.4. The third-order valence-corrected chi connectivity index (χ3v) is 3.29. The molecule has 0 fully saturated rings. The molecule has 0 aliphatic rings. The molecule has 1 rings (SSSR count). The van der Waals surface area contributed by atoms with Crippen LogP contribution in [0.1, 0.15) is 19.4 Å². The first-order chi connectivity index (χ1) is 9.88. The highest BCUT2D eigenvalue weighted by Crippen LogP contribution is 2.34. The highest BCUT2D eigenvalue weighted by Gasteiger charge is 2.15. The van der Waals surface area contributed by atoms with Crippen molar-refractivity contribution in [1.82, 2.24) is 4.90 Å². The van der Waals surface area contributed by atoms with Gasteiger partial charge in [0.1, 0.15) is 5.75 Å². The van der Waals surface area contributed by atoms with Gasteiger partial charge >= 0.3 is 6.61 Å². The molecule has 0 aliphatic heterocycles. The van der Waals surface area contributed by atoms with E-state index in [0.717, 1.165) is 0 Å². The van der Waals surface area contributed by atoms with E-state index in [1.807, 2.05) is 18.7 Å². The molecule has 0 heterocycles. The summed E-state index contributed by atoms with van der Waals surface area (Å²) in [6.07, 6.45) is 0. The Kier molecular flexibility index (Phi) is 10.0. The van der Waals surface area contributed by atoms with Gasteiger partial charge in [0.25, 0.3) is 0 Å². The van der Waals surface area contributed by atoms with Crippen LogP contribution >= 0.6 is 47.2 Å². The summed E-state index contributed by atoms with van der Waals surface area (Å²) in [6, 6.07) is 2.81. The van der Waals surface area contributed by atoms with Gasteiger partial charge in [0, 0.05) is 23.7 Å². The Morgan fingerprint density at radius 2 is 1.91 bits per heavy atom. The lowest BCUT2D eigenvalue weighted by molar-refractivity contribution is -0.0503. The van der Waals surface area contributed by atoms with Gasteiger partial charge in [-0.15, -0.1) is 24.0 Å². The first kappa shape index (κ1) is 21.5. The monoisotopic (exact) mass is 467 g/mol. The van der Waals surface area contributed by atoms with Crippen molar-refractivity contribution in [2.45, 2.75) is 27.0 Å². The van der Waals surface area contributed by atoms with Crippen molar-refractivity contribution >= 4 is 53.1 Å². The number of guanidine groups is 1. The molecule has 0 atom stereocenters. The third kappa shape index (κ3) is 6.29. The predicted molar refractivity (Wildman–Crippen MR) is 96.8 cm³/mol. The molecule has 2 N–H and O–H groups in total. The summed E-state index contributed by atoms with van der Waals surface area (Å²) in [5.41, 5.74) is 6.19. The van der Waals surface area contributed by atoms with E-state index in [2.05, 4.69) is 9.73 Å². The topological polar surface area (TPSA) is 50.8 Å². The molecule has 0 saturated carbocycles. The average molecular weight is 468 g/mol. The lowest BCUT2D eigenvalue weighted by Gasteiger charge is -2.19. The zero-order valence-electron chi connectivity index (χ0n) is 12.2. The van der Waals surface area contributed by atoms with Gasteiger partial charge in [-0.3, -0.25) is 0 Å². The van der Waals surface area contributed by atoms with E-state index in [0.29, 0.717) is 29.6 Å². The van der Waals surface area contributed by atoms with Gasteiger partial charge in [0.2, 0.25) is 0 Å². The molecule has 22 heavy (non-hydrogen) atoms. The van der Waals surface area contributed by atoms with Gasteiger partial charge in [-0.1, -0.05) is 23.2 Å². The fourth-order valence-electron chi connectivity index (χ4n) is 1.77. The van der Waals surface area contributed by atoms with E-state index >= 15 is 0 Å². The van der Waals surface area contributed by atoms with Crippen LogP contribution in [0.2, 0.25) is 10.0 Å². The zero-order chi connectivity index (χ0) is 16.0. The van der Waals surface area contributed by atoms with Crippen LogP contribution in [0.4, 0.5) is 8.78 Å². The second kappa shape index (κ2) is 10.3. The molecule has 9 heteroatoms. The maximum Gasteiger partial charge on any atom is 0.387 e. The molecule has 1 aromatic carbocycles. The van der Waals surface area contributed by atoms with Crippen LogP contribution in [0.25, 0.3) is 0 Å². The number of aliphatic imine (C=N–C) groups is 1. The maximum atomic E-state index is 12.4. The highest BCUT2D eigenvalue weighted by molar-refractivity contribution is 14.0. The zero-order valence-corrected chi connectivity index (χ0v) is 16.0. The fraction of sp³-hybridized carbons (Fsp3) is 0.462. The van der Waals surface area contributed by atoms with Crippen LogP contribution in [-0.4, -0.2) is 30.6 Å². The molecule has 0 spiro atoms. The van der Waals surface area contributed by atoms with Crippen molar-refractivity contribution in [2.24, 2.45) is 10.7 Å². The molecular formula is C13H18Cl2F2IN3O. The third-order valence-electron chi connectivity index (χ3n) is 2.79. The van der Waals surface area contributed by atoms with Crippen molar-refractivity contribution in [3.63, 3.8) is 0 Å². The van der Waals surface area contributed by atoms with E-state index < -0.39 is 6.61 Å². The van der Waals surface area contributed by atoms with Gasteiger partial charge < -0.3 is 15.4 Å². The minimum Gasteiger partial charge on any atom is -0.433 e. The summed E-state index contributed by atoms with van der Waals surface area (Å²) in [6.45, 7) is 2.34. The number of alkyl halides is 2. The Bertz CT molecular complexity index is 514. The van der Waals surface area contributed by atoms with Gasteiger partial charge in [-0.05, 0) is 26.0 Å². The minimum absolute atomic E-state index is 0. The van der Waals surface area contributed by atoms with Crippen LogP contribution in [0, 0.1) is 0 Å². The van der Waals surface area contributed by atoms with Crippen molar-refractivity contribution in [2.75, 3.05) is 13.1 Å². The van der Waals surface area contributed by atoms with Crippen LogP contribution in [0.5, 0.6) is 5.75 Å². The summed E-state index contributed by atoms with van der Waals surface area (Å²) in [4.78, 5) is 6.00. The normalized spacial score (nSPS) is 11.3.